The lowest BCUT2D eigenvalue weighted by Crippen LogP contribution is -2.33. The Hall–Kier alpha value is -2.37. The van der Waals surface area contributed by atoms with Gasteiger partial charge >= 0.3 is 0 Å². The number of para-hydroxylation sites is 1. The highest BCUT2D eigenvalue weighted by molar-refractivity contribution is 5.78. The molecule has 0 radical (unpaired) electrons. The minimum absolute atomic E-state index is 0.0494. The Morgan fingerprint density at radius 2 is 2.17 bits per heavy atom. The van der Waals surface area contributed by atoms with Crippen molar-refractivity contribution in [3.63, 3.8) is 0 Å². The van der Waals surface area contributed by atoms with Gasteiger partial charge in [0.2, 0.25) is 0 Å². The van der Waals surface area contributed by atoms with Crippen LogP contribution in [0.3, 0.4) is 0 Å². The smallest absolute Gasteiger partial charge is 0.260 e. The molecule has 1 aliphatic rings. The Bertz CT molecular complexity index is 641. The van der Waals surface area contributed by atoms with E-state index in [4.69, 9.17) is 4.74 Å². The number of ether oxygens (including phenoxy) is 1. The van der Waals surface area contributed by atoms with E-state index in [1.54, 1.807) is 6.33 Å². The van der Waals surface area contributed by atoms with Gasteiger partial charge in [-0.05, 0) is 31.4 Å². The second kappa shape index (κ2) is 7.26. The molecule has 1 saturated heterocycles. The average Bonchev–Trinajstić information content (AvgIpc) is 3.23. The van der Waals surface area contributed by atoms with Crippen LogP contribution in [-0.4, -0.2) is 45.3 Å². The number of benzene rings is 1. The number of hydrogen-bond donors (Lipinski definition) is 0. The van der Waals surface area contributed by atoms with E-state index in [0.717, 1.165) is 44.0 Å². The number of carbonyl (C=O) groups excluding carboxylic acids is 1. The van der Waals surface area contributed by atoms with E-state index in [9.17, 15) is 4.79 Å². The third-order valence-electron chi connectivity index (χ3n) is 4.25. The lowest BCUT2D eigenvalue weighted by molar-refractivity contribution is -0.132. The third kappa shape index (κ3) is 3.88. The van der Waals surface area contributed by atoms with Crippen LogP contribution < -0.4 is 4.74 Å². The average molecular weight is 314 g/mol. The number of aryl methyl sites for hydroxylation is 1. The van der Waals surface area contributed by atoms with Gasteiger partial charge in [0.25, 0.3) is 5.91 Å². The van der Waals surface area contributed by atoms with Crippen LogP contribution in [0.4, 0.5) is 0 Å². The summed E-state index contributed by atoms with van der Waals surface area (Å²) in [6.07, 6.45) is 3.64. The summed E-state index contributed by atoms with van der Waals surface area (Å²) in [5, 5.41) is 8.15. The molecule has 1 aromatic carbocycles. The zero-order valence-electron chi connectivity index (χ0n) is 13.4. The number of hydrogen-bond acceptors (Lipinski definition) is 4. The fourth-order valence-corrected chi connectivity index (χ4v) is 2.94. The zero-order chi connectivity index (χ0) is 16.1. The quantitative estimate of drug-likeness (QED) is 0.815. The molecule has 1 unspecified atom stereocenters. The maximum Gasteiger partial charge on any atom is 0.260 e. The molecule has 3 rings (SSSR count). The molecule has 1 atom stereocenters. The number of amides is 1. The van der Waals surface area contributed by atoms with Crippen molar-refractivity contribution in [1.82, 2.24) is 19.7 Å². The Morgan fingerprint density at radius 3 is 2.96 bits per heavy atom. The first kappa shape index (κ1) is 15.5. The van der Waals surface area contributed by atoms with Crippen molar-refractivity contribution < 1.29 is 9.53 Å². The van der Waals surface area contributed by atoms with Crippen LogP contribution in [-0.2, 0) is 17.8 Å². The highest BCUT2D eigenvalue weighted by Crippen LogP contribution is 2.20. The maximum atomic E-state index is 12.3. The molecule has 0 aliphatic carbocycles. The van der Waals surface area contributed by atoms with Crippen molar-refractivity contribution in [3.05, 3.63) is 42.5 Å². The number of carbonyl (C=O) groups is 1. The highest BCUT2D eigenvalue weighted by Gasteiger charge is 2.27. The van der Waals surface area contributed by atoms with Gasteiger partial charge in [-0.1, -0.05) is 18.2 Å². The van der Waals surface area contributed by atoms with Crippen molar-refractivity contribution in [2.24, 2.45) is 5.92 Å². The maximum absolute atomic E-state index is 12.3. The fourth-order valence-electron chi connectivity index (χ4n) is 2.94. The first-order valence-corrected chi connectivity index (χ1v) is 8.08. The summed E-state index contributed by atoms with van der Waals surface area (Å²) in [6, 6.07) is 9.44. The minimum Gasteiger partial charge on any atom is -0.484 e. The van der Waals surface area contributed by atoms with Crippen molar-refractivity contribution in [3.8, 4) is 5.75 Å². The monoisotopic (exact) mass is 314 g/mol. The van der Waals surface area contributed by atoms with E-state index in [-0.39, 0.29) is 12.5 Å². The molecule has 122 valence electrons. The summed E-state index contributed by atoms with van der Waals surface area (Å²) in [4.78, 5) is 14.1. The molecule has 0 spiro atoms. The largest absolute Gasteiger partial charge is 0.484 e. The van der Waals surface area contributed by atoms with Gasteiger partial charge < -0.3 is 14.2 Å². The van der Waals surface area contributed by atoms with E-state index in [0.29, 0.717) is 5.92 Å². The first-order valence-electron chi connectivity index (χ1n) is 8.08. The fraction of sp³-hybridized carbons (Fsp3) is 0.471. The number of likely N-dealkylation sites (tertiary alicyclic amines) is 1. The van der Waals surface area contributed by atoms with Gasteiger partial charge in [-0.15, -0.1) is 10.2 Å². The summed E-state index contributed by atoms with van der Waals surface area (Å²) >= 11 is 0. The summed E-state index contributed by atoms with van der Waals surface area (Å²) in [5.41, 5.74) is 0. The topological polar surface area (TPSA) is 60.2 Å². The van der Waals surface area contributed by atoms with Crippen LogP contribution in [0.15, 0.2) is 36.7 Å². The Labute approximate surface area is 136 Å². The predicted molar refractivity (Wildman–Crippen MR) is 86.0 cm³/mol. The second-order valence-corrected chi connectivity index (χ2v) is 5.83. The molecule has 1 aliphatic heterocycles. The third-order valence-corrected chi connectivity index (χ3v) is 4.25. The van der Waals surface area contributed by atoms with Crippen LogP contribution in [0.1, 0.15) is 19.2 Å². The predicted octanol–water partition coefficient (Wildman–Crippen LogP) is 1.77. The molecule has 6 nitrogen and oxygen atoms in total. The Balaban J connectivity index is 1.48. The molecule has 2 aromatic rings. The molecule has 1 aromatic heterocycles. The van der Waals surface area contributed by atoms with Gasteiger partial charge in [0.15, 0.2) is 6.61 Å². The molecule has 1 fully saturated rings. The van der Waals surface area contributed by atoms with E-state index in [2.05, 4.69) is 21.7 Å². The summed E-state index contributed by atoms with van der Waals surface area (Å²) in [7, 11) is 0. The molecule has 0 N–H and O–H groups in total. The molecule has 0 saturated carbocycles. The highest BCUT2D eigenvalue weighted by atomic mass is 16.5. The molecule has 23 heavy (non-hydrogen) atoms. The SMILES string of the molecule is CCn1cnnc1CC1CCN(C(=O)COc2ccccc2)C1. The van der Waals surface area contributed by atoms with Crippen molar-refractivity contribution in [1.29, 1.82) is 0 Å². The van der Waals surface area contributed by atoms with Gasteiger partial charge in [-0.2, -0.15) is 0 Å². The summed E-state index contributed by atoms with van der Waals surface area (Å²) in [5.74, 6) is 2.23. The zero-order valence-corrected chi connectivity index (χ0v) is 13.4. The standard InChI is InChI=1S/C17H22N4O2/c1-2-20-13-18-19-16(20)10-14-8-9-21(11-14)17(22)12-23-15-6-4-3-5-7-15/h3-7,13-14H,2,8-12H2,1H3. The van der Waals surface area contributed by atoms with E-state index in [1.807, 2.05) is 35.2 Å². The number of aromatic nitrogens is 3. The number of rotatable bonds is 6. The lowest BCUT2D eigenvalue weighted by atomic mass is 10.0. The van der Waals surface area contributed by atoms with E-state index in [1.165, 1.54) is 0 Å². The van der Waals surface area contributed by atoms with Gasteiger partial charge in [-0.3, -0.25) is 4.79 Å². The normalized spacial score (nSPS) is 17.4. The molecule has 1 amide bonds. The van der Waals surface area contributed by atoms with Crippen LogP contribution in [0.25, 0.3) is 0 Å². The summed E-state index contributed by atoms with van der Waals surface area (Å²) in [6.45, 7) is 4.62. The Morgan fingerprint density at radius 1 is 1.35 bits per heavy atom. The number of nitrogens with zero attached hydrogens (tertiary/aromatic N) is 4. The molecule has 6 heteroatoms. The molecule has 2 heterocycles. The van der Waals surface area contributed by atoms with Gasteiger partial charge in [0.1, 0.15) is 17.9 Å². The molecular weight excluding hydrogens is 292 g/mol. The van der Waals surface area contributed by atoms with Gasteiger partial charge in [-0.25, -0.2) is 0 Å². The van der Waals surface area contributed by atoms with E-state index >= 15 is 0 Å². The van der Waals surface area contributed by atoms with Crippen LogP contribution in [0.5, 0.6) is 5.75 Å². The molecular formula is C17H22N4O2. The van der Waals surface area contributed by atoms with Crippen molar-refractivity contribution >= 4 is 5.91 Å². The minimum atomic E-state index is 0.0494. The van der Waals surface area contributed by atoms with Crippen molar-refractivity contribution in [2.45, 2.75) is 26.3 Å². The van der Waals surface area contributed by atoms with Crippen LogP contribution in [0.2, 0.25) is 0 Å². The van der Waals surface area contributed by atoms with Crippen molar-refractivity contribution in [2.75, 3.05) is 19.7 Å². The summed E-state index contributed by atoms with van der Waals surface area (Å²) < 4.78 is 7.60. The van der Waals surface area contributed by atoms with Crippen LogP contribution in [0, 0.1) is 5.92 Å². The Kier molecular flexibility index (Phi) is 4.90. The van der Waals surface area contributed by atoms with Crippen LogP contribution >= 0.6 is 0 Å². The first-order chi connectivity index (χ1) is 11.3. The van der Waals surface area contributed by atoms with Gasteiger partial charge in [0.05, 0.1) is 0 Å². The van der Waals surface area contributed by atoms with E-state index < -0.39 is 0 Å². The lowest BCUT2D eigenvalue weighted by Gasteiger charge is -2.17. The second-order valence-electron chi connectivity index (χ2n) is 5.83. The molecule has 0 bridgehead atoms. The van der Waals surface area contributed by atoms with Gasteiger partial charge in [0, 0.05) is 26.1 Å².